The van der Waals surface area contributed by atoms with Crippen LogP contribution in [0.5, 0.6) is 0 Å². The van der Waals surface area contributed by atoms with Crippen LogP contribution in [0.4, 0.5) is 0 Å². The van der Waals surface area contributed by atoms with E-state index in [-0.39, 0.29) is 13.2 Å². The van der Waals surface area contributed by atoms with Crippen molar-refractivity contribution in [3.8, 4) is 0 Å². The summed E-state index contributed by atoms with van der Waals surface area (Å²) in [4.78, 5) is 38.5. The molecule has 0 aromatic carbocycles. The number of ketones is 1. The Hall–Kier alpha value is -1.98. The summed E-state index contributed by atoms with van der Waals surface area (Å²) in [5.74, 6) is -0.983. The van der Waals surface area contributed by atoms with Crippen LogP contribution in [-0.4, -0.2) is 27.9 Å². The molecular formula is C12H16N2O4. The van der Waals surface area contributed by atoms with Crippen LogP contribution in [0.1, 0.15) is 20.8 Å². The smallest absolute Gasteiger partial charge is 0.347 e. The minimum atomic E-state index is -1.27. The van der Waals surface area contributed by atoms with Crippen LogP contribution in [0, 0.1) is 5.41 Å². The molecule has 0 amide bonds. The summed E-state index contributed by atoms with van der Waals surface area (Å²) in [6.45, 7) is 4.65. The van der Waals surface area contributed by atoms with Gasteiger partial charge in [0.2, 0.25) is 0 Å². The van der Waals surface area contributed by atoms with Gasteiger partial charge in [-0.3, -0.25) is 14.2 Å². The molecule has 0 saturated heterocycles. The molecule has 0 saturated carbocycles. The summed E-state index contributed by atoms with van der Waals surface area (Å²) in [6.07, 6.45) is 2.80. The molecule has 0 spiro atoms. The van der Waals surface area contributed by atoms with Gasteiger partial charge >= 0.3 is 11.7 Å². The molecule has 1 heterocycles. The van der Waals surface area contributed by atoms with Gasteiger partial charge in [-0.2, -0.15) is 0 Å². The van der Waals surface area contributed by atoms with Gasteiger partial charge < -0.3 is 4.74 Å². The van der Waals surface area contributed by atoms with Gasteiger partial charge in [-0.1, -0.05) is 0 Å². The lowest BCUT2D eigenvalue weighted by Gasteiger charge is -2.20. The molecule has 0 N–H and O–H groups in total. The average Bonchev–Trinajstić information content (AvgIpc) is 2.32. The van der Waals surface area contributed by atoms with E-state index >= 15 is 0 Å². The third kappa shape index (κ3) is 3.03. The van der Waals surface area contributed by atoms with Crippen molar-refractivity contribution in [3.63, 3.8) is 0 Å². The fourth-order valence-corrected chi connectivity index (χ4v) is 1.29. The van der Waals surface area contributed by atoms with Crippen molar-refractivity contribution in [1.29, 1.82) is 0 Å². The van der Waals surface area contributed by atoms with Crippen LogP contribution >= 0.6 is 0 Å². The zero-order valence-electron chi connectivity index (χ0n) is 10.7. The Bertz CT molecular complexity index is 505. The molecule has 1 aromatic heterocycles. The summed E-state index contributed by atoms with van der Waals surface area (Å²) < 4.78 is 5.99. The number of hydrogen-bond acceptors (Lipinski definition) is 5. The molecule has 0 aliphatic rings. The highest BCUT2D eigenvalue weighted by Gasteiger charge is 2.37. The highest BCUT2D eigenvalue weighted by molar-refractivity contribution is 6.02. The van der Waals surface area contributed by atoms with Gasteiger partial charge in [-0.25, -0.2) is 9.78 Å². The second-order valence-corrected chi connectivity index (χ2v) is 4.30. The maximum atomic E-state index is 12.0. The first kappa shape index (κ1) is 14.1. The van der Waals surface area contributed by atoms with Crippen molar-refractivity contribution in [2.75, 3.05) is 6.61 Å². The van der Waals surface area contributed by atoms with E-state index in [1.165, 1.54) is 26.2 Å². The summed E-state index contributed by atoms with van der Waals surface area (Å²) in [7, 11) is 0. The van der Waals surface area contributed by atoms with Crippen molar-refractivity contribution >= 4 is 11.8 Å². The van der Waals surface area contributed by atoms with Gasteiger partial charge in [0.25, 0.3) is 0 Å². The Balaban J connectivity index is 2.86. The minimum Gasteiger partial charge on any atom is -0.465 e. The van der Waals surface area contributed by atoms with E-state index < -0.39 is 22.9 Å². The van der Waals surface area contributed by atoms with E-state index in [4.69, 9.17) is 4.74 Å². The van der Waals surface area contributed by atoms with Crippen LogP contribution in [0.2, 0.25) is 0 Å². The molecule has 98 valence electrons. The lowest BCUT2D eigenvalue weighted by atomic mass is 9.88. The van der Waals surface area contributed by atoms with Gasteiger partial charge in [-0.05, 0) is 26.8 Å². The van der Waals surface area contributed by atoms with Crippen molar-refractivity contribution in [3.05, 3.63) is 28.9 Å². The molecule has 1 aromatic rings. The van der Waals surface area contributed by atoms with E-state index in [0.29, 0.717) is 0 Å². The summed E-state index contributed by atoms with van der Waals surface area (Å²) >= 11 is 0. The van der Waals surface area contributed by atoms with E-state index in [0.717, 1.165) is 4.57 Å². The first-order valence-electron chi connectivity index (χ1n) is 5.61. The first-order valence-corrected chi connectivity index (χ1v) is 5.61. The number of carbonyl (C=O) groups excluding carboxylic acids is 2. The Morgan fingerprint density at radius 3 is 2.67 bits per heavy atom. The molecule has 0 radical (unpaired) electrons. The number of nitrogens with zero attached hydrogens (tertiary/aromatic N) is 2. The summed E-state index contributed by atoms with van der Waals surface area (Å²) in [5, 5.41) is 0. The Morgan fingerprint density at radius 1 is 1.44 bits per heavy atom. The molecule has 0 aliphatic heterocycles. The van der Waals surface area contributed by atoms with Crippen molar-refractivity contribution in [1.82, 2.24) is 9.55 Å². The number of ether oxygens (including phenoxy) is 1. The van der Waals surface area contributed by atoms with Crippen LogP contribution in [0.15, 0.2) is 23.3 Å². The predicted molar refractivity (Wildman–Crippen MR) is 63.9 cm³/mol. The highest BCUT2D eigenvalue weighted by atomic mass is 16.5. The molecule has 18 heavy (non-hydrogen) atoms. The molecule has 0 unspecified atom stereocenters. The number of Topliss-reactive ketones (excluding diaryl/α,β-unsaturated/α-hetero) is 1. The molecule has 0 aliphatic carbocycles. The van der Waals surface area contributed by atoms with Gasteiger partial charge in [0, 0.05) is 12.4 Å². The monoisotopic (exact) mass is 252 g/mol. The average molecular weight is 252 g/mol. The van der Waals surface area contributed by atoms with Gasteiger partial charge in [0.1, 0.15) is 5.41 Å². The third-order valence-corrected chi connectivity index (χ3v) is 2.58. The van der Waals surface area contributed by atoms with Crippen LogP contribution in [-0.2, 0) is 20.9 Å². The normalized spacial score (nSPS) is 11.1. The molecule has 1 rings (SSSR count). The fourth-order valence-electron chi connectivity index (χ4n) is 1.29. The standard InChI is InChI=1S/C12H16N2O4/c1-4-18-10(16)12(2,3)9(15)8-14-7-5-6-13-11(14)17/h5-7H,4,8H2,1-3H3. The van der Waals surface area contributed by atoms with Crippen LogP contribution in [0.3, 0.4) is 0 Å². The predicted octanol–water partition coefficient (Wildman–Crippen LogP) is 0.402. The molecule has 6 heteroatoms. The summed E-state index contributed by atoms with van der Waals surface area (Å²) in [6, 6.07) is 1.55. The fraction of sp³-hybridized carbons (Fsp3) is 0.500. The van der Waals surface area contributed by atoms with Gasteiger partial charge in [0.15, 0.2) is 5.78 Å². The Kier molecular flexibility index (Phi) is 4.36. The Labute approximate surface area is 105 Å². The minimum absolute atomic E-state index is 0.196. The second-order valence-electron chi connectivity index (χ2n) is 4.30. The molecule has 6 nitrogen and oxygen atoms in total. The van der Waals surface area contributed by atoms with Crippen molar-refractivity contribution in [2.24, 2.45) is 5.41 Å². The van der Waals surface area contributed by atoms with E-state index in [9.17, 15) is 14.4 Å². The number of esters is 1. The van der Waals surface area contributed by atoms with E-state index in [2.05, 4.69) is 4.98 Å². The maximum absolute atomic E-state index is 12.0. The van der Waals surface area contributed by atoms with E-state index in [1.54, 1.807) is 13.0 Å². The number of carbonyl (C=O) groups is 2. The highest BCUT2D eigenvalue weighted by Crippen LogP contribution is 2.19. The maximum Gasteiger partial charge on any atom is 0.347 e. The number of rotatable bonds is 5. The zero-order chi connectivity index (χ0) is 13.8. The Morgan fingerprint density at radius 2 is 2.11 bits per heavy atom. The van der Waals surface area contributed by atoms with Crippen LogP contribution < -0.4 is 5.69 Å². The first-order chi connectivity index (χ1) is 8.39. The summed E-state index contributed by atoms with van der Waals surface area (Å²) in [5.41, 5.74) is -1.80. The third-order valence-electron chi connectivity index (χ3n) is 2.58. The lowest BCUT2D eigenvalue weighted by molar-refractivity contribution is -0.158. The zero-order valence-corrected chi connectivity index (χ0v) is 10.7. The second kappa shape index (κ2) is 5.57. The van der Waals surface area contributed by atoms with Crippen molar-refractivity contribution in [2.45, 2.75) is 27.3 Å². The topological polar surface area (TPSA) is 78.3 Å². The molecule has 0 fully saturated rings. The van der Waals surface area contributed by atoms with Gasteiger partial charge in [0.05, 0.1) is 13.2 Å². The SMILES string of the molecule is CCOC(=O)C(C)(C)C(=O)Cn1cccnc1=O. The van der Waals surface area contributed by atoms with Crippen LogP contribution in [0.25, 0.3) is 0 Å². The lowest BCUT2D eigenvalue weighted by Crippen LogP contribution is -2.39. The molecule has 0 atom stereocenters. The van der Waals surface area contributed by atoms with Crippen molar-refractivity contribution < 1.29 is 14.3 Å². The molecule has 0 bridgehead atoms. The van der Waals surface area contributed by atoms with Gasteiger partial charge in [-0.15, -0.1) is 0 Å². The number of aromatic nitrogens is 2. The molecular weight excluding hydrogens is 236 g/mol. The quantitative estimate of drug-likeness (QED) is 0.560. The van der Waals surface area contributed by atoms with E-state index in [1.807, 2.05) is 0 Å². The number of hydrogen-bond donors (Lipinski definition) is 0. The largest absolute Gasteiger partial charge is 0.465 e.